The summed E-state index contributed by atoms with van der Waals surface area (Å²) in [5.41, 5.74) is 7.47. The first-order chi connectivity index (χ1) is 14.4. The zero-order valence-electron chi connectivity index (χ0n) is 17.3. The van der Waals surface area contributed by atoms with E-state index in [1.54, 1.807) is 13.0 Å². The molecular weight excluding hydrogens is 446 g/mol. The van der Waals surface area contributed by atoms with E-state index >= 15 is 0 Å². The Morgan fingerprint density at radius 3 is 2.73 bits per heavy atom. The van der Waals surface area contributed by atoms with Gasteiger partial charge in [0.1, 0.15) is 5.75 Å². The van der Waals surface area contributed by atoms with Gasteiger partial charge in [0, 0.05) is 11.4 Å². The highest BCUT2D eigenvalue weighted by Crippen LogP contribution is 2.28. The highest BCUT2D eigenvalue weighted by molar-refractivity contribution is 9.10. The van der Waals surface area contributed by atoms with Crippen LogP contribution >= 0.6 is 15.9 Å². The molecule has 0 radical (unpaired) electrons. The number of carbonyl (C=O) groups excluding carboxylic acids is 2. The average molecular weight is 472 g/mol. The van der Waals surface area contributed by atoms with E-state index in [1.807, 2.05) is 31.2 Å². The average Bonchev–Trinajstić information content (AvgIpc) is 2.72. The molecule has 0 unspecified atom stereocenters. The summed E-state index contributed by atoms with van der Waals surface area (Å²) < 4.78 is 6.28. The van der Waals surface area contributed by atoms with Crippen molar-refractivity contribution in [1.82, 2.24) is 5.43 Å². The number of hydrazone groups is 1. The number of amides is 2. The molecule has 0 bridgehead atoms. The van der Waals surface area contributed by atoms with Gasteiger partial charge in [0.15, 0.2) is 6.61 Å². The molecule has 2 amide bonds. The van der Waals surface area contributed by atoms with Crippen LogP contribution in [0.1, 0.15) is 42.9 Å². The Morgan fingerprint density at radius 1 is 1.13 bits per heavy atom. The van der Waals surface area contributed by atoms with Crippen molar-refractivity contribution in [3.8, 4) is 5.75 Å². The topological polar surface area (TPSA) is 79.8 Å². The largest absolute Gasteiger partial charge is 0.483 e. The molecule has 0 atom stereocenters. The van der Waals surface area contributed by atoms with Crippen LogP contribution in [0.25, 0.3) is 0 Å². The molecule has 158 valence electrons. The van der Waals surface area contributed by atoms with E-state index in [4.69, 9.17) is 4.74 Å². The molecule has 2 aromatic carbocycles. The normalized spacial score (nSPS) is 13.4. The predicted octanol–water partition coefficient (Wildman–Crippen LogP) is 4.54. The van der Waals surface area contributed by atoms with Crippen molar-refractivity contribution in [1.29, 1.82) is 0 Å². The van der Waals surface area contributed by atoms with Crippen molar-refractivity contribution in [2.45, 2.75) is 46.0 Å². The maximum atomic E-state index is 12.4. The summed E-state index contributed by atoms with van der Waals surface area (Å²) in [6, 6.07) is 11.7. The fourth-order valence-electron chi connectivity index (χ4n) is 3.42. The number of rotatable bonds is 7. The molecule has 7 heteroatoms. The van der Waals surface area contributed by atoms with Crippen molar-refractivity contribution < 1.29 is 14.3 Å². The third kappa shape index (κ3) is 6.16. The quantitative estimate of drug-likeness (QED) is 0.459. The zero-order valence-corrected chi connectivity index (χ0v) is 18.8. The van der Waals surface area contributed by atoms with Crippen molar-refractivity contribution in [2.24, 2.45) is 5.10 Å². The molecule has 6 nitrogen and oxygen atoms in total. The standard InChI is InChI=1S/C23H26BrN3O3/c1-15-10-11-21(19(24)12-15)30-14-23(29)27-26-16(2)13-22(28)25-20-9-5-7-17-6-3-4-8-18(17)20/h5,7,9-12H,3-4,6,8,13-14H2,1-2H3,(H,25,28)(H,27,29)/b26-16-. The van der Waals surface area contributed by atoms with Crippen LogP contribution in [0.15, 0.2) is 46.0 Å². The van der Waals surface area contributed by atoms with E-state index < -0.39 is 0 Å². The van der Waals surface area contributed by atoms with E-state index in [9.17, 15) is 9.59 Å². The number of hydrogen-bond acceptors (Lipinski definition) is 4. The van der Waals surface area contributed by atoms with Crippen LogP contribution in [0.3, 0.4) is 0 Å². The minimum atomic E-state index is -0.389. The molecule has 2 N–H and O–H groups in total. The van der Waals surface area contributed by atoms with E-state index in [0.717, 1.165) is 35.0 Å². The van der Waals surface area contributed by atoms with Crippen LogP contribution in [-0.2, 0) is 22.4 Å². The Balaban J connectivity index is 1.47. The molecule has 0 saturated carbocycles. The summed E-state index contributed by atoms with van der Waals surface area (Å²) in [6.07, 6.45) is 4.50. The Labute approximate surface area is 185 Å². The molecule has 0 aromatic heterocycles. The van der Waals surface area contributed by atoms with Gasteiger partial charge < -0.3 is 10.1 Å². The Morgan fingerprint density at radius 2 is 1.93 bits per heavy atom. The number of nitrogens with zero attached hydrogens (tertiary/aromatic N) is 1. The van der Waals surface area contributed by atoms with Crippen LogP contribution in [-0.4, -0.2) is 24.1 Å². The van der Waals surface area contributed by atoms with Gasteiger partial charge in [-0.1, -0.05) is 18.2 Å². The minimum Gasteiger partial charge on any atom is -0.483 e. The number of benzene rings is 2. The molecule has 1 aliphatic carbocycles. The van der Waals surface area contributed by atoms with Crippen molar-refractivity contribution in [2.75, 3.05) is 11.9 Å². The fraction of sp³-hybridized carbons (Fsp3) is 0.348. The second kappa shape index (κ2) is 10.4. The first-order valence-electron chi connectivity index (χ1n) is 10.0. The van der Waals surface area contributed by atoms with E-state index in [-0.39, 0.29) is 24.8 Å². The van der Waals surface area contributed by atoms with Gasteiger partial charge in [-0.05, 0) is 90.4 Å². The van der Waals surface area contributed by atoms with Gasteiger partial charge in [-0.25, -0.2) is 5.43 Å². The lowest BCUT2D eigenvalue weighted by Gasteiger charge is -2.19. The first kappa shape index (κ1) is 22.0. The van der Waals surface area contributed by atoms with E-state index in [1.165, 1.54) is 17.5 Å². The lowest BCUT2D eigenvalue weighted by Crippen LogP contribution is -2.26. The number of halogens is 1. The SMILES string of the molecule is C/C(CC(=O)Nc1cccc2c1CCCC2)=N/NC(=O)COc1ccc(C)cc1Br. The molecular formula is C23H26BrN3O3. The van der Waals surface area contributed by atoms with Crippen LogP contribution < -0.4 is 15.5 Å². The Hall–Kier alpha value is -2.67. The molecule has 0 saturated heterocycles. The molecule has 0 aliphatic heterocycles. The number of fused-ring (bicyclic) bond motifs is 1. The second-order valence-corrected chi connectivity index (χ2v) is 8.33. The van der Waals surface area contributed by atoms with Crippen LogP contribution in [0.4, 0.5) is 5.69 Å². The second-order valence-electron chi connectivity index (χ2n) is 7.48. The summed E-state index contributed by atoms with van der Waals surface area (Å²) >= 11 is 3.41. The summed E-state index contributed by atoms with van der Waals surface area (Å²) in [4.78, 5) is 24.4. The van der Waals surface area contributed by atoms with Crippen LogP contribution in [0.2, 0.25) is 0 Å². The lowest BCUT2D eigenvalue weighted by molar-refractivity contribution is -0.123. The smallest absolute Gasteiger partial charge is 0.277 e. The molecule has 0 spiro atoms. The number of hydrogen-bond donors (Lipinski definition) is 2. The van der Waals surface area contributed by atoms with Crippen molar-refractivity contribution >= 4 is 39.1 Å². The lowest BCUT2D eigenvalue weighted by atomic mass is 9.90. The van der Waals surface area contributed by atoms with Gasteiger partial charge in [-0.3, -0.25) is 9.59 Å². The van der Waals surface area contributed by atoms with Crippen molar-refractivity contribution in [3.63, 3.8) is 0 Å². The zero-order chi connectivity index (χ0) is 21.5. The maximum Gasteiger partial charge on any atom is 0.277 e. The first-order valence-corrected chi connectivity index (χ1v) is 10.8. The van der Waals surface area contributed by atoms with Crippen LogP contribution in [0, 0.1) is 6.92 Å². The van der Waals surface area contributed by atoms with Gasteiger partial charge in [0.25, 0.3) is 5.91 Å². The molecule has 0 heterocycles. The van der Waals surface area contributed by atoms with Gasteiger partial charge in [-0.15, -0.1) is 0 Å². The monoisotopic (exact) mass is 471 g/mol. The molecule has 30 heavy (non-hydrogen) atoms. The summed E-state index contributed by atoms with van der Waals surface area (Å²) in [6.45, 7) is 3.51. The third-order valence-corrected chi connectivity index (χ3v) is 5.52. The summed E-state index contributed by atoms with van der Waals surface area (Å²) in [7, 11) is 0. The molecule has 3 rings (SSSR count). The Kier molecular flexibility index (Phi) is 7.63. The van der Waals surface area contributed by atoms with Gasteiger partial charge in [0.2, 0.25) is 5.91 Å². The van der Waals surface area contributed by atoms with Crippen LogP contribution in [0.5, 0.6) is 5.75 Å². The molecule has 0 fully saturated rings. The van der Waals surface area contributed by atoms with E-state index in [0.29, 0.717) is 11.5 Å². The molecule has 1 aliphatic rings. The van der Waals surface area contributed by atoms with Gasteiger partial charge in [0.05, 0.1) is 10.9 Å². The predicted molar refractivity (Wildman–Crippen MR) is 122 cm³/mol. The molecule has 2 aromatic rings. The summed E-state index contributed by atoms with van der Waals surface area (Å²) in [5, 5.41) is 6.99. The van der Waals surface area contributed by atoms with Crippen molar-refractivity contribution in [3.05, 3.63) is 57.6 Å². The highest BCUT2D eigenvalue weighted by atomic mass is 79.9. The fourth-order valence-corrected chi connectivity index (χ4v) is 4.03. The number of anilines is 1. The number of aryl methyl sites for hydroxylation is 2. The number of carbonyl (C=O) groups is 2. The van der Waals surface area contributed by atoms with Gasteiger partial charge >= 0.3 is 0 Å². The minimum absolute atomic E-state index is 0.105. The highest BCUT2D eigenvalue weighted by Gasteiger charge is 2.15. The number of ether oxygens (including phenoxy) is 1. The summed E-state index contributed by atoms with van der Waals surface area (Å²) in [5.74, 6) is 0.0469. The maximum absolute atomic E-state index is 12.4. The number of nitrogens with one attached hydrogen (secondary N) is 2. The van der Waals surface area contributed by atoms with E-state index in [2.05, 4.69) is 37.8 Å². The third-order valence-electron chi connectivity index (χ3n) is 4.90. The van der Waals surface area contributed by atoms with Gasteiger partial charge in [-0.2, -0.15) is 5.10 Å². The Bertz CT molecular complexity index is 972.